The standard InChI is InChI=1S/C22H24N2O5S/c1-6-10-23-30(27,28)19-9-7-8-18(13-19)22(26)29-17(5)21(25)24-20-15(3)11-14(2)12-16(20)4/h1,7-9,11-13,17,23H,10H2,2-5H3,(H,24,25). The first-order chi connectivity index (χ1) is 14.0. The molecular formula is C22H24N2O5S. The lowest BCUT2D eigenvalue weighted by Gasteiger charge is -2.17. The first-order valence-corrected chi connectivity index (χ1v) is 10.7. The van der Waals surface area contributed by atoms with Crippen molar-refractivity contribution in [1.29, 1.82) is 0 Å². The van der Waals surface area contributed by atoms with Crippen LogP contribution in [-0.2, 0) is 19.6 Å². The topological polar surface area (TPSA) is 102 Å². The fourth-order valence-corrected chi connectivity index (χ4v) is 3.87. The van der Waals surface area contributed by atoms with Crippen molar-refractivity contribution in [1.82, 2.24) is 4.72 Å². The number of hydrogen-bond donors (Lipinski definition) is 2. The molecule has 0 aliphatic rings. The molecule has 1 atom stereocenters. The molecule has 2 rings (SSSR count). The van der Waals surface area contributed by atoms with Crippen LogP contribution in [0, 0.1) is 33.1 Å². The van der Waals surface area contributed by atoms with Gasteiger partial charge in [0.25, 0.3) is 5.91 Å². The van der Waals surface area contributed by atoms with Gasteiger partial charge in [0.15, 0.2) is 6.10 Å². The van der Waals surface area contributed by atoms with Crippen LogP contribution >= 0.6 is 0 Å². The van der Waals surface area contributed by atoms with E-state index in [0.717, 1.165) is 16.7 Å². The van der Waals surface area contributed by atoms with E-state index in [2.05, 4.69) is 16.0 Å². The minimum Gasteiger partial charge on any atom is -0.449 e. The molecule has 0 bridgehead atoms. The van der Waals surface area contributed by atoms with E-state index in [4.69, 9.17) is 11.2 Å². The van der Waals surface area contributed by atoms with Crippen LogP contribution in [0.3, 0.4) is 0 Å². The Morgan fingerprint density at radius 3 is 2.37 bits per heavy atom. The molecule has 158 valence electrons. The molecule has 0 aliphatic carbocycles. The second kappa shape index (κ2) is 9.57. The van der Waals surface area contributed by atoms with E-state index in [0.29, 0.717) is 5.69 Å². The van der Waals surface area contributed by atoms with Gasteiger partial charge < -0.3 is 10.1 Å². The summed E-state index contributed by atoms with van der Waals surface area (Å²) in [6.07, 6.45) is 3.98. The quantitative estimate of drug-likeness (QED) is 0.522. The maximum Gasteiger partial charge on any atom is 0.338 e. The number of sulfonamides is 1. The summed E-state index contributed by atoms with van der Waals surface area (Å²) >= 11 is 0. The number of terminal acetylenes is 1. The lowest BCUT2D eigenvalue weighted by Crippen LogP contribution is -2.30. The van der Waals surface area contributed by atoms with Gasteiger partial charge in [0.2, 0.25) is 10.0 Å². The van der Waals surface area contributed by atoms with Crippen molar-refractivity contribution in [3.63, 3.8) is 0 Å². The number of ether oxygens (including phenoxy) is 1. The minimum absolute atomic E-state index is 0.000861. The average Bonchev–Trinajstić information content (AvgIpc) is 2.69. The van der Waals surface area contributed by atoms with Gasteiger partial charge >= 0.3 is 5.97 Å². The van der Waals surface area contributed by atoms with Crippen molar-refractivity contribution >= 4 is 27.6 Å². The third-order valence-electron chi connectivity index (χ3n) is 4.32. The molecule has 30 heavy (non-hydrogen) atoms. The summed E-state index contributed by atoms with van der Waals surface area (Å²) < 4.78 is 31.8. The van der Waals surface area contributed by atoms with Gasteiger partial charge in [0.1, 0.15) is 0 Å². The molecular weight excluding hydrogens is 404 g/mol. The third kappa shape index (κ3) is 5.69. The van der Waals surface area contributed by atoms with Crippen molar-refractivity contribution in [3.05, 3.63) is 58.7 Å². The van der Waals surface area contributed by atoms with Crippen molar-refractivity contribution in [2.45, 2.75) is 38.7 Å². The summed E-state index contributed by atoms with van der Waals surface area (Å²) in [5.41, 5.74) is 3.55. The van der Waals surface area contributed by atoms with Crippen molar-refractivity contribution in [2.75, 3.05) is 11.9 Å². The highest BCUT2D eigenvalue weighted by Crippen LogP contribution is 2.22. The van der Waals surface area contributed by atoms with Gasteiger partial charge in [-0.25, -0.2) is 13.2 Å². The molecule has 0 aromatic heterocycles. The van der Waals surface area contributed by atoms with Gasteiger partial charge in [-0.2, -0.15) is 4.72 Å². The third-order valence-corrected chi connectivity index (χ3v) is 5.72. The number of benzene rings is 2. The fourth-order valence-electron chi connectivity index (χ4n) is 2.89. The van der Waals surface area contributed by atoms with Gasteiger partial charge in [-0.15, -0.1) is 6.42 Å². The lowest BCUT2D eigenvalue weighted by molar-refractivity contribution is -0.123. The van der Waals surface area contributed by atoms with Gasteiger partial charge in [-0.1, -0.05) is 29.7 Å². The van der Waals surface area contributed by atoms with E-state index >= 15 is 0 Å². The van der Waals surface area contributed by atoms with E-state index < -0.39 is 28.0 Å². The average molecular weight is 429 g/mol. The van der Waals surface area contributed by atoms with Crippen molar-refractivity contribution in [3.8, 4) is 12.3 Å². The highest BCUT2D eigenvalue weighted by Gasteiger charge is 2.22. The molecule has 0 radical (unpaired) electrons. The van der Waals surface area contributed by atoms with Crippen LogP contribution in [0.1, 0.15) is 34.0 Å². The predicted molar refractivity (Wildman–Crippen MR) is 115 cm³/mol. The zero-order valence-electron chi connectivity index (χ0n) is 17.3. The van der Waals surface area contributed by atoms with Crippen LogP contribution in [0.4, 0.5) is 5.69 Å². The predicted octanol–water partition coefficient (Wildman–Crippen LogP) is 2.71. The van der Waals surface area contributed by atoms with Crippen LogP contribution in [0.15, 0.2) is 41.3 Å². The van der Waals surface area contributed by atoms with Crippen LogP contribution in [0.5, 0.6) is 0 Å². The fraction of sp³-hybridized carbons (Fsp3) is 0.273. The maximum atomic E-state index is 12.5. The number of amides is 1. The van der Waals surface area contributed by atoms with E-state index in [1.165, 1.54) is 31.2 Å². The number of carbonyl (C=O) groups is 2. The minimum atomic E-state index is -3.86. The molecule has 2 aromatic carbocycles. The van der Waals surface area contributed by atoms with E-state index in [1.807, 2.05) is 32.9 Å². The SMILES string of the molecule is C#CCNS(=O)(=O)c1cccc(C(=O)OC(C)C(=O)Nc2c(C)cc(C)cc2C)c1. The molecule has 7 nitrogen and oxygen atoms in total. The van der Waals surface area contributed by atoms with Crippen molar-refractivity contribution < 1.29 is 22.7 Å². The number of aryl methyl sites for hydroxylation is 3. The van der Waals surface area contributed by atoms with E-state index in [-0.39, 0.29) is 17.0 Å². The van der Waals surface area contributed by atoms with Gasteiger partial charge in [-0.05, 0) is 57.0 Å². The van der Waals surface area contributed by atoms with Crippen LogP contribution < -0.4 is 10.0 Å². The maximum absolute atomic E-state index is 12.5. The molecule has 0 aliphatic heterocycles. The highest BCUT2D eigenvalue weighted by molar-refractivity contribution is 7.89. The number of rotatable bonds is 7. The van der Waals surface area contributed by atoms with Gasteiger partial charge in [0.05, 0.1) is 17.0 Å². The Morgan fingerprint density at radius 2 is 1.77 bits per heavy atom. The Bertz CT molecular complexity index is 1090. The van der Waals surface area contributed by atoms with Gasteiger partial charge in [-0.3, -0.25) is 4.79 Å². The van der Waals surface area contributed by atoms with Crippen LogP contribution in [0.25, 0.3) is 0 Å². The molecule has 0 spiro atoms. The zero-order valence-corrected chi connectivity index (χ0v) is 18.1. The lowest BCUT2D eigenvalue weighted by atomic mass is 10.0. The van der Waals surface area contributed by atoms with Crippen LogP contribution in [0.2, 0.25) is 0 Å². The summed E-state index contributed by atoms with van der Waals surface area (Å²) in [6, 6.07) is 9.19. The summed E-state index contributed by atoms with van der Waals surface area (Å²) in [5.74, 6) is 0.870. The number of nitrogens with one attached hydrogen (secondary N) is 2. The molecule has 1 unspecified atom stereocenters. The first-order valence-electron chi connectivity index (χ1n) is 9.18. The molecule has 8 heteroatoms. The van der Waals surface area contributed by atoms with E-state index in [1.54, 1.807) is 0 Å². The molecule has 0 fully saturated rings. The molecule has 0 saturated heterocycles. The van der Waals surface area contributed by atoms with Gasteiger partial charge in [0, 0.05) is 5.69 Å². The monoisotopic (exact) mass is 428 g/mol. The molecule has 2 N–H and O–H groups in total. The Morgan fingerprint density at radius 1 is 1.13 bits per heavy atom. The summed E-state index contributed by atoms with van der Waals surface area (Å²) in [7, 11) is -3.86. The Balaban J connectivity index is 2.12. The number of esters is 1. The Labute approximate surface area is 176 Å². The zero-order chi connectivity index (χ0) is 22.5. The second-order valence-electron chi connectivity index (χ2n) is 6.87. The molecule has 1 amide bonds. The Kier molecular flexibility index (Phi) is 7.38. The molecule has 0 saturated carbocycles. The van der Waals surface area contributed by atoms with Crippen molar-refractivity contribution in [2.24, 2.45) is 0 Å². The largest absolute Gasteiger partial charge is 0.449 e. The summed E-state index contributed by atoms with van der Waals surface area (Å²) in [5, 5.41) is 2.78. The number of anilines is 1. The Hall–Kier alpha value is -3.15. The normalized spacial score (nSPS) is 12.0. The summed E-state index contributed by atoms with van der Waals surface area (Å²) in [4.78, 5) is 24.8. The second-order valence-corrected chi connectivity index (χ2v) is 8.63. The van der Waals surface area contributed by atoms with Crippen LogP contribution in [-0.4, -0.2) is 32.9 Å². The molecule has 2 aromatic rings. The van der Waals surface area contributed by atoms with E-state index in [9.17, 15) is 18.0 Å². The number of hydrogen-bond acceptors (Lipinski definition) is 5. The highest BCUT2D eigenvalue weighted by atomic mass is 32.2. The summed E-state index contributed by atoms with van der Waals surface area (Å²) in [6.45, 7) is 7.00. The smallest absolute Gasteiger partial charge is 0.338 e. The number of carbonyl (C=O) groups excluding carboxylic acids is 2. The first kappa shape index (κ1) is 23.1. The molecule has 0 heterocycles.